The van der Waals surface area contributed by atoms with Crippen LogP contribution in [0.3, 0.4) is 0 Å². The Balaban J connectivity index is 2.14. The molecule has 2 rings (SSSR count). The number of amides is 1. The average Bonchev–Trinajstić information content (AvgIpc) is 2.73. The molecule has 0 saturated carbocycles. The second kappa shape index (κ2) is 11.4. The first-order valence-corrected chi connectivity index (χ1v) is 12.3. The first-order chi connectivity index (χ1) is 15.1. The molecule has 10 heteroatoms. The van der Waals surface area contributed by atoms with Crippen molar-refractivity contribution in [3.8, 4) is 11.5 Å². The third-order valence-corrected chi connectivity index (χ3v) is 6.54. The van der Waals surface area contributed by atoms with Crippen molar-refractivity contribution in [3.05, 3.63) is 52.0 Å². The third-order valence-electron chi connectivity index (χ3n) is 4.49. The summed E-state index contributed by atoms with van der Waals surface area (Å²) in [5.41, 5.74) is 4.00. The molecule has 0 bridgehead atoms. The highest BCUT2D eigenvalue weighted by molar-refractivity contribution is 9.10. The zero-order chi connectivity index (χ0) is 23.9. The van der Waals surface area contributed by atoms with Crippen molar-refractivity contribution in [2.24, 2.45) is 11.0 Å². The Kier molecular flexibility index (Phi) is 9.23. The summed E-state index contributed by atoms with van der Waals surface area (Å²) >= 11 is 3.43. The minimum atomic E-state index is -3.87. The zero-order valence-corrected chi connectivity index (χ0v) is 21.1. The molecule has 2 N–H and O–H groups in total. The number of benzene rings is 2. The van der Waals surface area contributed by atoms with Crippen LogP contribution < -0.4 is 19.6 Å². The van der Waals surface area contributed by atoms with E-state index >= 15 is 0 Å². The van der Waals surface area contributed by atoms with E-state index in [0.29, 0.717) is 28.1 Å². The van der Waals surface area contributed by atoms with Crippen LogP contribution in [0.2, 0.25) is 0 Å². The van der Waals surface area contributed by atoms with Crippen LogP contribution in [0, 0.1) is 12.8 Å². The standard InChI is InChI=1S/C22H28BrN3O5S/c1-6-31-21-18(23)11-16(12-19(21)30-5)13-24-25-22(27)20(14(2)3)26-32(28,29)17-9-7-15(4)8-10-17/h7-14,20,26H,6H2,1-5H3,(H,25,27)/b24-13-/t20-/m1/s1. The largest absolute Gasteiger partial charge is 0.493 e. The second-order valence-corrected chi connectivity index (χ2v) is 9.93. The predicted molar refractivity (Wildman–Crippen MR) is 128 cm³/mol. The number of methoxy groups -OCH3 is 1. The summed E-state index contributed by atoms with van der Waals surface area (Å²) in [6, 6.07) is 8.89. The van der Waals surface area contributed by atoms with Gasteiger partial charge >= 0.3 is 0 Å². The number of hydrogen-bond donors (Lipinski definition) is 2. The van der Waals surface area contributed by atoms with Crippen molar-refractivity contribution >= 4 is 38.1 Å². The van der Waals surface area contributed by atoms with Gasteiger partial charge in [-0.15, -0.1) is 0 Å². The van der Waals surface area contributed by atoms with Gasteiger partial charge in [0.2, 0.25) is 10.0 Å². The molecule has 0 heterocycles. The molecule has 2 aromatic carbocycles. The molecule has 1 amide bonds. The van der Waals surface area contributed by atoms with E-state index in [1.54, 1.807) is 38.1 Å². The molecule has 0 aliphatic rings. The van der Waals surface area contributed by atoms with Gasteiger partial charge < -0.3 is 9.47 Å². The maximum atomic E-state index is 12.7. The van der Waals surface area contributed by atoms with Gasteiger partial charge in [-0.3, -0.25) is 4.79 Å². The molecule has 0 aromatic heterocycles. The molecule has 1 atom stereocenters. The smallest absolute Gasteiger partial charge is 0.258 e. The number of rotatable bonds is 10. The summed E-state index contributed by atoms with van der Waals surface area (Å²) in [5, 5.41) is 3.97. The minimum Gasteiger partial charge on any atom is -0.493 e. The fourth-order valence-electron chi connectivity index (χ4n) is 2.78. The first kappa shape index (κ1) is 25.8. The highest BCUT2D eigenvalue weighted by Gasteiger charge is 2.28. The van der Waals surface area contributed by atoms with Crippen LogP contribution in [-0.4, -0.2) is 40.3 Å². The molecule has 0 aliphatic heterocycles. The number of ether oxygens (including phenoxy) is 2. The van der Waals surface area contributed by atoms with Crippen molar-refractivity contribution in [1.82, 2.24) is 10.1 Å². The van der Waals surface area contributed by atoms with Gasteiger partial charge in [-0.25, -0.2) is 13.8 Å². The maximum absolute atomic E-state index is 12.7. The van der Waals surface area contributed by atoms with Gasteiger partial charge in [0.1, 0.15) is 6.04 Å². The number of hydrogen-bond acceptors (Lipinski definition) is 6. The van der Waals surface area contributed by atoms with Gasteiger partial charge in [0, 0.05) is 0 Å². The summed E-state index contributed by atoms with van der Waals surface area (Å²) in [6.45, 7) is 7.72. The zero-order valence-electron chi connectivity index (χ0n) is 18.7. The summed E-state index contributed by atoms with van der Waals surface area (Å²) in [7, 11) is -2.34. The summed E-state index contributed by atoms with van der Waals surface area (Å²) < 4.78 is 39.4. The lowest BCUT2D eigenvalue weighted by molar-refractivity contribution is -0.123. The highest BCUT2D eigenvalue weighted by Crippen LogP contribution is 2.36. The van der Waals surface area contributed by atoms with Crippen molar-refractivity contribution in [2.75, 3.05) is 13.7 Å². The number of aryl methyl sites for hydroxylation is 1. The van der Waals surface area contributed by atoms with Crippen LogP contribution in [0.25, 0.3) is 0 Å². The number of nitrogens with zero attached hydrogens (tertiary/aromatic N) is 1. The maximum Gasteiger partial charge on any atom is 0.258 e. The normalized spacial score (nSPS) is 12.7. The molecule has 0 spiro atoms. The molecule has 2 aromatic rings. The van der Waals surface area contributed by atoms with Gasteiger partial charge in [0.15, 0.2) is 11.5 Å². The summed E-state index contributed by atoms with van der Waals surface area (Å²) in [5.74, 6) is 0.218. The Hall–Kier alpha value is -2.43. The van der Waals surface area contributed by atoms with Gasteiger partial charge in [-0.1, -0.05) is 31.5 Å². The Morgan fingerprint density at radius 1 is 1.22 bits per heavy atom. The summed E-state index contributed by atoms with van der Waals surface area (Å²) in [4.78, 5) is 12.8. The van der Waals surface area contributed by atoms with Crippen molar-refractivity contribution in [2.45, 2.75) is 38.6 Å². The molecule has 0 fully saturated rings. The number of nitrogens with one attached hydrogen (secondary N) is 2. The van der Waals surface area contributed by atoms with Crippen LogP contribution in [0.4, 0.5) is 0 Å². The van der Waals surface area contributed by atoms with E-state index < -0.39 is 22.0 Å². The van der Waals surface area contributed by atoms with Crippen LogP contribution in [0.1, 0.15) is 31.9 Å². The number of hydrazone groups is 1. The first-order valence-electron chi connectivity index (χ1n) is 10.0. The van der Waals surface area contributed by atoms with Crippen LogP contribution >= 0.6 is 15.9 Å². The molecule has 32 heavy (non-hydrogen) atoms. The molecule has 174 valence electrons. The Morgan fingerprint density at radius 3 is 2.44 bits per heavy atom. The Bertz CT molecular complexity index is 1070. The Morgan fingerprint density at radius 2 is 1.88 bits per heavy atom. The molecule has 0 radical (unpaired) electrons. The van der Waals surface area contributed by atoms with Gasteiger partial charge in [0.05, 0.1) is 29.3 Å². The van der Waals surface area contributed by atoms with Crippen molar-refractivity contribution in [1.29, 1.82) is 0 Å². The van der Waals surface area contributed by atoms with Crippen LogP contribution in [0.15, 0.2) is 50.9 Å². The van der Waals surface area contributed by atoms with E-state index in [4.69, 9.17) is 9.47 Å². The van der Waals surface area contributed by atoms with E-state index in [2.05, 4.69) is 31.2 Å². The summed E-state index contributed by atoms with van der Waals surface area (Å²) in [6.07, 6.45) is 1.44. The van der Waals surface area contributed by atoms with Crippen molar-refractivity contribution < 1.29 is 22.7 Å². The van der Waals surface area contributed by atoms with E-state index in [0.717, 1.165) is 5.56 Å². The topological polar surface area (TPSA) is 106 Å². The molecule has 0 unspecified atom stereocenters. The van der Waals surface area contributed by atoms with Gasteiger partial charge in [-0.2, -0.15) is 9.82 Å². The number of carbonyl (C=O) groups is 1. The molecule has 0 aliphatic carbocycles. The molecule has 0 saturated heterocycles. The third kappa shape index (κ3) is 6.78. The second-order valence-electron chi connectivity index (χ2n) is 7.36. The van der Waals surface area contributed by atoms with Crippen molar-refractivity contribution in [3.63, 3.8) is 0 Å². The predicted octanol–water partition coefficient (Wildman–Crippen LogP) is 3.62. The minimum absolute atomic E-state index is 0.0939. The quantitative estimate of drug-likeness (QED) is 0.364. The lowest BCUT2D eigenvalue weighted by Gasteiger charge is -2.20. The monoisotopic (exact) mass is 525 g/mol. The Labute approximate surface area is 197 Å². The lowest BCUT2D eigenvalue weighted by atomic mass is 10.1. The van der Waals surface area contributed by atoms with Crippen LogP contribution in [-0.2, 0) is 14.8 Å². The fraction of sp³-hybridized carbons (Fsp3) is 0.364. The van der Waals surface area contributed by atoms with E-state index in [1.165, 1.54) is 25.5 Å². The highest BCUT2D eigenvalue weighted by atomic mass is 79.9. The number of carbonyl (C=O) groups excluding carboxylic acids is 1. The van der Waals surface area contributed by atoms with E-state index in [-0.39, 0.29) is 10.8 Å². The van der Waals surface area contributed by atoms with Gasteiger partial charge in [0.25, 0.3) is 5.91 Å². The van der Waals surface area contributed by atoms with Crippen LogP contribution in [0.5, 0.6) is 11.5 Å². The average molecular weight is 526 g/mol. The fourth-order valence-corrected chi connectivity index (χ4v) is 4.70. The number of halogens is 1. The molecular weight excluding hydrogens is 498 g/mol. The number of sulfonamides is 1. The van der Waals surface area contributed by atoms with Gasteiger partial charge in [-0.05, 0) is 65.5 Å². The van der Waals surface area contributed by atoms with E-state index in [9.17, 15) is 13.2 Å². The lowest BCUT2D eigenvalue weighted by Crippen LogP contribution is -2.48. The van der Waals surface area contributed by atoms with E-state index in [1.807, 2.05) is 13.8 Å². The SMILES string of the molecule is CCOc1c(Br)cc(/C=N\NC(=O)[C@H](NS(=O)(=O)c2ccc(C)cc2)C(C)C)cc1OC. The molecular formula is C22H28BrN3O5S. The molecule has 8 nitrogen and oxygen atoms in total.